The summed E-state index contributed by atoms with van der Waals surface area (Å²) in [4.78, 5) is 13.5. The number of aliphatic hydroxyl groups excluding tert-OH is 1. The number of carboxylic acid groups (broad SMARTS) is 1. The Hall–Kier alpha value is -1.59. The molecule has 1 aromatic carbocycles. The van der Waals surface area contributed by atoms with Gasteiger partial charge in [-0.15, -0.1) is 0 Å². The molecule has 2 aliphatic rings. The monoisotopic (exact) mass is 319 g/mol. The van der Waals surface area contributed by atoms with Crippen LogP contribution >= 0.6 is 0 Å². The van der Waals surface area contributed by atoms with E-state index >= 15 is 0 Å². The molecule has 2 N–H and O–H groups in total. The van der Waals surface area contributed by atoms with Crippen molar-refractivity contribution in [1.82, 2.24) is 4.90 Å². The molecule has 1 aromatic rings. The lowest BCUT2D eigenvalue weighted by molar-refractivity contribution is -0.0121. The molecule has 0 radical (unpaired) electrons. The second-order valence-electron chi connectivity index (χ2n) is 6.92. The van der Waals surface area contributed by atoms with Crippen molar-refractivity contribution in [3.63, 3.8) is 0 Å². The van der Waals surface area contributed by atoms with E-state index in [-0.39, 0.29) is 17.1 Å². The van der Waals surface area contributed by atoms with Gasteiger partial charge in [-0.25, -0.2) is 4.79 Å². The SMILES string of the molecule is COc1ccc(C(=O)O)cc1CN1CCC[C@@]2(CCC[C@H]2O)C1. The number of aromatic carboxylic acids is 1. The van der Waals surface area contributed by atoms with Gasteiger partial charge in [-0.1, -0.05) is 6.42 Å². The third-order valence-electron chi connectivity index (χ3n) is 5.47. The Morgan fingerprint density at radius 3 is 2.83 bits per heavy atom. The Labute approximate surface area is 136 Å². The molecule has 0 bridgehead atoms. The number of hydrogen-bond acceptors (Lipinski definition) is 4. The molecule has 2 atom stereocenters. The number of aliphatic hydroxyl groups is 1. The third kappa shape index (κ3) is 3.21. The van der Waals surface area contributed by atoms with E-state index in [1.165, 1.54) is 0 Å². The maximum absolute atomic E-state index is 11.2. The van der Waals surface area contributed by atoms with E-state index < -0.39 is 5.97 Å². The van der Waals surface area contributed by atoms with Gasteiger partial charge in [0.15, 0.2) is 0 Å². The van der Waals surface area contributed by atoms with Crippen LogP contribution in [-0.2, 0) is 6.54 Å². The van der Waals surface area contributed by atoms with Gasteiger partial charge in [-0.05, 0) is 50.4 Å². The highest BCUT2D eigenvalue weighted by Gasteiger charge is 2.44. The second-order valence-corrected chi connectivity index (χ2v) is 6.92. The molecule has 0 unspecified atom stereocenters. The van der Waals surface area contributed by atoms with Gasteiger partial charge in [0, 0.05) is 24.1 Å². The quantitative estimate of drug-likeness (QED) is 0.892. The van der Waals surface area contributed by atoms with Crippen molar-refractivity contribution < 1.29 is 19.7 Å². The number of hydrogen-bond donors (Lipinski definition) is 2. The number of rotatable bonds is 4. The molecule has 1 saturated carbocycles. The van der Waals surface area contributed by atoms with Crippen molar-refractivity contribution in [1.29, 1.82) is 0 Å². The summed E-state index contributed by atoms with van der Waals surface area (Å²) >= 11 is 0. The Morgan fingerprint density at radius 2 is 2.17 bits per heavy atom. The molecule has 5 nitrogen and oxygen atoms in total. The summed E-state index contributed by atoms with van der Waals surface area (Å²) in [7, 11) is 1.61. The summed E-state index contributed by atoms with van der Waals surface area (Å²) in [5.41, 5.74) is 1.22. The topological polar surface area (TPSA) is 70.0 Å². The number of ether oxygens (including phenoxy) is 1. The van der Waals surface area contributed by atoms with Crippen LogP contribution in [0.25, 0.3) is 0 Å². The van der Waals surface area contributed by atoms with Gasteiger partial charge in [0.25, 0.3) is 0 Å². The maximum atomic E-state index is 11.2. The summed E-state index contributed by atoms with van der Waals surface area (Å²) in [5.74, 6) is -0.197. The van der Waals surface area contributed by atoms with Crippen molar-refractivity contribution in [2.24, 2.45) is 5.41 Å². The summed E-state index contributed by atoms with van der Waals surface area (Å²) in [6.45, 7) is 2.53. The van der Waals surface area contributed by atoms with Crippen LogP contribution < -0.4 is 4.74 Å². The van der Waals surface area contributed by atoms with E-state index in [0.717, 1.165) is 56.5 Å². The minimum Gasteiger partial charge on any atom is -0.496 e. The van der Waals surface area contributed by atoms with Crippen molar-refractivity contribution in [2.75, 3.05) is 20.2 Å². The van der Waals surface area contributed by atoms with Gasteiger partial charge in [0.2, 0.25) is 0 Å². The average Bonchev–Trinajstić information content (AvgIpc) is 2.87. The number of methoxy groups -OCH3 is 1. The minimum absolute atomic E-state index is 0.0376. The summed E-state index contributed by atoms with van der Waals surface area (Å²) in [6.07, 6.45) is 5.09. The molecule has 126 valence electrons. The Kier molecular flexibility index (Phi) is 4.60. The predicted octanol–water partition coefficient (Wildman–Crippen LogP) is 2.52. The van der Waals surface area contributed by atoms with Crippen LogP contribution in [0.3, 0.4) is 0 Å². The first-order valence-electron chi connectivity index (χ1n) is 8.35. The van der Waals surface area contributed by atoms with Crippen LogP contribution in [0, 0.1) is 5.41 Å². The van der Waals surface area contributed by atoms with Crippen LogP contribution in [0.1, 0.15) is 48.0 Å². The summed E-state index contributed by atoms with van der Waals surface area (Å²) in [6, 6.07) is 5.00. The zero-order chi connectivity index (χ0) is 16.4. The molecule has 23 heavy (non-hydrogen) atoms. The zero-order valence-electron chi connectivity index (χ0n) is 13.6. The number of benzene rings is 1. The zero-order valence-corrected chi connectivity index (χ0v) is 13.6. The van der Waals surface area contributed by atoms with Gasteiger partial charge >= 0.3 is 5.97 Å². The molecular formula is C18H25NO4. The van der Waals surface area contributed by atoms with Crippen molar-refractivity contribution in [3.05, 3.63) is 29.3 Å². The molecule has 1 aliphatic heterocycles. The first kappa shape index (κ1) is 16.3. The highest BCUT2D eigenvalue weighted by molar-refractivity contribution is 5.88. The Bertz CT molecular complexity index is 588. The van der Waals surface area contributed by atoms with E-state index in [9.17, 15) is 15.0 Å². The normalized spacial score (nSPS) is 28.2. The van der Waals surface area contributed by atoms with Gasteiger partial charge in [0.1, 0.15) is 5.75 Å². The van der Waals surface area contributed by atoms with Crippen molar-refractivity contribution in [2.45, 2.75) is 44.8 Å². The van der Waals surface area contributed by atoms with E-state index in [1.807, 2.05) is 0 Å². The van der Waals surface area contributed by atoms with Crippen LogP contribution in [0.2, 0.25) is 0 Å². The predicted molar refractivity (Wildman–Crippen MR) is 86.8 cm³/mol. The van der Waals surface area contributed by atoms with E-state index in [0.29, 0.717) is 6.54 Å². The molecule has 1 heterocycles. The van der Waals surface area contributed by atoms with Crippen LogP contribution in [0.15, 0.2) is 18.2 Å². The average molecular weight is 319 g/mol. The van der Waals surface area contributed by atoms with Crippen molar-refractivity contribution >= 4 is 5.97 Å². The molecule has 5 heteroatoms. The fourth-order valence-corrected chi connectivity index (χ4v) is 4.27. The van der Waals surface area contributed by atoms with E-state index in [1.54, 1.807) is 25.3 Å². The third-order valence-corrected chi connectivity index (χ3v) is 5.47. The van der Waals surface area contributed by atoms with E-state index in [4.69, 9.17) is 4.74 Å². The highest BCUT2D eigenvalue weighted by Crippen LogP contribution is 2.45. The fourth-order valence-electron chi connectivity index (χ4n) is 4.27. The second kappa shape index (κ2) is 6.49. The van der Waals surface area contributed by atoms with Crippen LogP contribution in [0.4, 0.5) is 0 Å². The molecule has 1 aliphatic carbocycles. The lowest BCUT2D eigenvalue weighted by Crippen LogP contribution is -2.46. The number of piperidine rings is 1. The van der Waals surface area contributed by atoms with Gasteiger partial charge in [-0.2, -0.15) is 0 Å². The minimum atomic E-state index is -0.921. The smallest absolute Gasteiger partial charge is 0.335 e. The first-order chi connectivity index (χ1) is 11.0. The summed E-state index contributed by atoms with van der Waals surface area (Å²) < 4.78 is 5.39. The summed E-state index contributed by atoms with van der Waals surface area (Å²) in [5, 5.41) is 19.6. The standard InChI is InChI=1S/C18H25NO4/c1-23-15-6-5-13(17(21)22)10-14(15)11-19-9-3-8-18(12-19)7-2-4-16(18)20/h5-6,10,16,20H,2-4,7-9,11-12H2,1H3,(H,21,22)/t16-,18+/m1/s1. The fraction of sp³-hybridized carbons (Fsp3) is 0.611. The number of nitrogens with zero attached hydrogens (tertiary/aromatic N) is 1. The highest BCUT2D eigenvalue weighted by atomic mass is 16.5. The first-order valence-corrected chi connectivity index (χ1v) is 8.35. The molecule has 0 aromatic heterocycles. The Balaban J connectivity index is 1.78. The van der Waals surface area contributed by atoms with Crippen LogP contribution in [-0.4, -0.2) is 47.4 Å². The van der Waals surface area contributed by atoms with E-state index in [2.05, 4.69) is 4.90 Å². The largest absolute Gasteiger partial charge is 0.496 e. The lowest BCUT2D eigenvalue weighted by atomic mass is 9.76. The van der Waals surface area contributed by atoms with Crippen molar-refractivity contribution in [3.8, 4) is 5.75 Å². The molecule has 0 amide bonds. The van der Waals surface area contributed by atoms with Gasteiger partial charge in [0.05, 0.1) is 18.8 Å². The Morgan fingerprint density at radius 1 is 1.39 bits per heavy atom. The lowest BCUT2D eigenvalue weighted by Gasteiger charge is -2.42. The van der Waals surface area contributed by atoms with Crippen LogP contribution in [0.5, 0.6) is 5.75 Å². The number of likely N-dealkylation sites (tertiary alicyclic amines) is 1. The molecule has 2 fully saturated rings. The molecule has 1 saturated heterocycles. The van der Waals surface area contributed by atoms with Gasteiger partial charge in [-0.3, -0.25) is 4.90 Å². The molecular weight excluding hydrogens is 294 g/mol. The molecule has 3 rings (SSSR count). The number of carboxylic acids is 1. The molecule has 1 spiro atoms. The maximum Gasteiger partial charge on any atom is 0.335 e. The number of carbonyl (C=O) groups is 1. The van der Waals surface area contributed by atoms with Gasteiger partial charge < -0.3 is 14.9 Å².